The molecule has 1 aliphatic rings. The maximum atomic E-state index is 8.61. The number of nitrogens with one attached hydrogen (secondary N) is 1. The van der Waals surface area contributed by atoms with Gasteiger partial charge >= 0.3 is 0 Å². The van der Waals surface area contributed by atoms with Crippen LogP contribution in [0, 0.1) is 10.8 Å². The summed E-state index contributed by atoms with van der Waals surface area (Å²) in [5.41, 5.74) is 5.44. The quantitative estimate of drug-likeness (QED) is 0.398. The molecule has 0 bridgehead atoms. The molecule has 0 aromatic carbocycles. The molecular weight excluding hydrogens is 128 g/mol. The van der Waals surface area contributed by atoms with Gasteiger partial charge in [-0.05, 0) is 12.8 Å². The molecule has 0 unspecified atom stereocenters. The van der Waals surface area contributed by atoms with E-state index < -0.39 is 0 Å². The minimum Gasteiger partial charge on any atom is -0.495 e. The average molecular weight is 140 g/mol. The van der Waals surface area contributed by atoms with Crippen molar-refractivity contribution < 1.29 is 5.11 Å². The summed E-state index contributed by atoms with van der Waals surface area (Å²) in [4.78, 5) is 0. The van der Waals surface area contributed by atoms with Gasteiger partial charge in [-0.1, -0.05) is 6.92 Å². The van der Waals surface area contributed by atoms with Crippen LogP contribution in [0.25, 0.3) is 0 Å². The lowest BCUT2D eigenvalue weighted by atomic mass is 10.0. The van der Waals surface area contributed by atoms with Gasteiger partial charge in [-0.2, -0.15) is 0 Å². The Bertz CT molecular complexity index is 188. The smallest absolute Gasteiger partial charge is 0.183 e. The molecule has 0 saturated heterocycles. The summed E-state index contributed by atoms with van der Waals surface area (Å²) in [6.07, 6.45) is 3.39. The molecule has 10 heavy (non-hydrogen) atoms. The maximum Gasteiger partial charge on any atom is 0.183 e. The minimum absolute atomic E-state index is 0.00729. The van der Waals surface area contributed by atoms with Gasteiger partial charge in [0, 0.05) is 17.2 Å². The van der Waals surface area contributed by atoms with Crippen LogP contribution in [0.2, 0.25) is 0 Å². The van der Waals surface area contributed by atoms with Gasteiger partial charge in [0.05, 0.1) is 0 Å². The fourth-order valence-corrected chi connectivity index (χ4v) is 0.779. The largest absolute Gasteiger partial charge is 0.495 e. The summed E-state index contributed by atoms with van der Waals surface area (Å²) >= 11 is 0. The Morgan fingerprint density at radius 1 is 1.70 bits per heavy atom. The summed E-state index contributed by atoms with van der Waals surface area (Å²) in [6, 6.07) is 0. The molecule has 3 nitrogen and oxygen atoms in total. The summed E-state index contributed by atoms with van der Waals surface area (Å²) in [5, 5.41) is 16.0. The Kier molecular flexibility index (Phi) is 1.43. The fraction of sp³-hybridized carbons (Fsp3) is 0.571. The van der Waals surface area contributed by atoms with Crippen molar-refractivity contribution in [2.45, 2.75) is 19.8 Å². The van der Waals surface area contributed by atoms with Crippen molar-refractivity contribution in [3.8, 4) is 0 Å². The number of hydrogen-bond donors (Lipinski definition) is 3. The van der Waals surface area contributed by atoms with Crippen LogP contribution >= 0.6 is 0 Å². The zero-order valence-corrected chi connectivity index (χ0v) is 6.02. The molecule has 0 amide bonds. The van der Waals surface area contributed by atoms with E-state index >= 15 is 0 Å². The highest BCUT2D eigenvalue weighted by atomic mass is 16.3. The van der Waals surface area contributed by atoms with Crippen molar-refractivity contribution in [2.75, 3.05) is 0 Å². The van der Waals surface area contributed by atoms with Crippen molar-refractivity contribution in [1.82, 2.24) is 0 Å². The number of hydrogen-bond acceptors (Lipinski definition) is 3. The van der Waals surface area contributed by atoms with E-state index in [0.29, 0.717) is 5.71 Å². The van der Waals surface area contributed by atoms with Gasteiger partial charge in [0.25, 0.3) is 0 Å². The topological polar surface area (TPSA) is 70.1 Å². The third-order valence-corrected chi connectivity index (χ3v) is 1.94. The van der Waals surface area contributed by atoms with Crippen molar-refractivity contribution in [3.63, 3.8) is 0 Å². The molecular formula is C7H12N2O. The lowest BCUT2D eigenvalue weighted by Crippen LogP contribution is -2.10. The highest BCUT2D eigenvalue weighted by Gasteiger charge is 2.40. The molecule has 0 atom stereocenters. The van der Waals surface area contributed by atoms with Crippen molar-refractivity contribution >= 4 is 5.71 Å². The highest BCUT2D eigenvalue weighted by molar-refractivity contribution is 5.98. The number of aliphatic hydroxyl groups is 1. The van der Waals surface area contributed by atoms with Crippen molar-refractivity contribution in [1.29, 1.82) is 5.41 Å². The molecule has 56 valence electrons. The van der Waals surface area contributed by atoms with Gasteiger partial charge in [0.15, 0.2) is 5.88 Å². The molecule has 1 fully saturated rings. The molecule has 0 radical (unpaired) electrons. The van der Waals surface area contributed by atoms with E-state index in [2.05, 4.69) is 0 Å². The van der Waals surface area contributed by atoms with Crippen LogP contribution in [0.3, 0.4) is 0 Å². The van der Waals surface area contributed by atoms with Gasteiger partial charge in [-0.3, -0.25) is 0 Å². The molecule has 0 heterocycles. The molecule has 0 aliphatic heterocycles. The number of aliphatic hydroxyl groups excluding tert-OH is 1. The van der Waals surface area contributed by atoms with Crippen molar-refractivity contribution in [3.05, 3.63) is 12.0 Å². The molecule has 1 rings (SSSR count). The molecule has 0 aromatic rings. The molecule has 1 saturated carbocycles. The van der Waals surface area contributed by atoms with E-state index in [1.54, 1.807) is 0 Å². The first-order valence-electron chi connectivity index (χ1n) is 3.30. The second-order valence-electron chi connectivity index (χ2n) is 3.04. The van der Waals surface area contributed by atoms with Gasteiger partial charge in [-0.25, -0.2) is 0 Å². The van der Waals surface area contributed by atoms with E-state index in [1.807, 2.05) is 6.92 Å². The number of nitrogens with two attached hydrogens (primary N) is 1. The van der Waals surface area contributed by atoms with E-state index in [-0.39, 0.29) is 11.3 Å². The Labute approximate surface area is 60.1 Å². The SMILES string of the molecule is CC1(C(=N)/C=C(/N)O)CC1. The highest BCUT2D eigenvalue weighted by Crippen LogP contribution is 2.46. The van der Waals surface area contributed by atoms with Crippen molar-refractivity contribution in [2.24, 2.45) is 11.1 Å². The van der Waals surface area contributed by atoms with Crippen LogP contribution in [-0.4, -0.2) is 10.8 Å². The summed E-state index contributed by atoms with van der Waals surface area (Å²) in [5.74, 6) is -0.266. The monoisotopic (exact) mass is 140 g/mol. The van der Waals surface area contributed by atoms with E-state index in [0.717, 1.165) is 12.8 Å². The molecule has 0 aromatic heterocycles. The first-order valence-corrected chi connectivity index (χ1v) is 3.30. The lowest BCUT2D eigenvalue weighted by molar-refractivity contribution is 0.406. The normalized spacial score (nSPS) is 22.3. The third kappa shape index (κ3) is 1.29. The number of allylic oxidation sites excluding steroid dienone is 1. The van der Waals surface area contributed by atoms with Crippen LogP contribution in [0.4, 0.5) is 0 Å². The van der Waals surface area contributed by atoms with E-state index in [9.17, 15) is 0 Å². The van der Waals surface area contributed by atoms with Crippen LogP contribution in [0.15, 0.2) is 12.0 Å². The average Bonchev–Trinajstić information content (AvgIpc) is 2.47. The van der Waals surface area contributed by atoms with Crippen LogP contribution in [0.1, 0.15) is 19.8 Å². The summed E-state index contributed by atoms with van der Waals surface area (Å²) in [7, 11) is 0. The standard InChI is InChI=1S/C7H12N2O/c1-7(2-3-7)5(8)4-6(9)10/h4,8,10H,2-3,9H2,1H3/b6-4-,8-5?. The van der Waals surface area contributed by atoms with Crippen LogP contribution in [0.5, 0.6) is 0 Å². The predicted octanol–water partition coefficient (Wildman–Crippen LogP) is 1.16. The first-order chi connectivity index (χ1) is 4.54. The second-order valence-corrected chi connectivity index (χ2v) is 3.04. The predicted molar refractivity (Wildman–Crippen MR) is 40.0 cm³/mol. The molecule has 3 heteroatoms. The Balaban J connectivity index is 2.59. The zero-order chi connectivity index (χ0) is 7.78. The summed E-state index contributed by atoms with van der Waals surface area (Å²) < 4.78 is 0. The van der Waals surface area contributed by atoms with E-state index in [4.69, 9.17) is 16.2 Å². The van der Waals surface area contributed by atoms with Gasteiger partial charge in [0.2, 0.25) is 0 Å². The Morgan fingerprint density at radius 3 is 2.50 bits per heavy atom. The fourth-order valence-electron chi connectivity index (χ4n) is 0.779. The van der Waals surface area contributed by atoms with Crippen LogP contribution in [-0.2, 0) is 0 Å². The van der Waals surface area contributed by atoms with Gasteiger partial charge in [-0.15, -0.1) is 0 Å². The zero-order valence-electron chi connectivity index (χ0n) is 6.02. The number of rotatable bonds is 2. The van der Waals surface area contributed by atoms with Gasteiger partial charge < -0.3 is 16.2 Å². The molecule has 1 aliphatic carbocycles. The van der Waals surface area contributed by atoms with Gasteiger partial charge in [0.1, 0.15) is 0 Å². The Morgan fingerprint density at radius 2 is 2.20 bits per heavy atom. The lowest BCUT2D eigenvalue weighted by Gasteiger charge is -2.04. The van der Waals surface area contributed by atoms with E-state index in [1.165, 1.54) is 6.08 Å². The second kappa shape index (κ2) is 2.01. The third-order valence-electron chi connectivity index (χ3n) is 1.94. The maximum absolute atomic E-state index is 8.61. The summed E-state index contributed by atoms with van der Waals surface area (Å²) in [6.45, 7) is 1.99. The Hall–Kier alpha value is -0.990. The van der Waals surface area contributed by atoms with Crippen LogP contribution < -0.4 is 5.73 Å². The minimum atomic E-state index is -0.266. The first kappa shape index (κ1) is 7.12. The molecule has 0 spiro atoms. The molecule has 4 N–H and O–H groups in total.